The van der Waals surface area contributed by atoms with Crippen LogP contribution >= 0.6 is 11.6 Å². The quantitative estimate of drug-likeness (QED) is 0.821. The second-order valence-corrected chi connectivity index (χ2v) is 6.63. The summed E-state index contributed by atoms with van der Waals surface area (Å²) in [5.74, 6) is -0.0168. The number of nitrogens with zero attached hydrogens (tertiary/aromatic N) is 2. The molecule has 1 fully saturated rings. The molecule has 0 spiro atoms. The van der Waals surface area contributed by atoms with E-state index in [1.54, 1.807) is 21.9 Å². The van der Waals surface area contributed by atoms with Gasteiger partial charge in [0.25, 0.3) is 0 Å². The van der Waals surface area contributed by atoms with Gasteiger partial charge in [-0.2, -0.15) is 0 Å². The molecule has 2 rings (SSSR count). The van der Waals surface area contributed by atoms with Crippen LogP contribution in [0.25, 0.3) is 0 Å². The molecule has 0 radical (unpaired) electrons. The predicted octanol–water partition coefficient (Wildman–Crippen LogP) is 2.81. The van der Waals surface area contributed by atoms with E-state index in [9.17, 15) is 9.59 Å². The van der Waals surface area contributed by atoms with Crippen molar-refractivity contribution in [3.05, 3.63) is 29.3 Å². The third-order valence-electron chi connectivity index (χ3n) is 4.39. The maximum atomic E-state index is 12.6. The first-order chi connectivity index (χ1) is 11.6. The van der Waals surface area contributed by atoms with Gasteiger partial charge in [-0.15, -0.1) is 0 Å². The maximum absolute atomic E-state index is 12.6. The van der Waals surface area contributed by atoms with Gasteiger partial charge < -0.3 is 15.5 Å². The molecule has 1 aromatic carbocycles. The normalized spacial score (nSPS) is 18.1. The molecule has 6 heteroatoms. The van der Waals surface area contributed by atoms with Crippen LogP contribution in [0.5, 0.6) is 0 Å². The van der Waals surface area contributed by atoms with Crippen molar-refractivity contribution in [2.75, 3.05) is 24.5 Å². The fourth-order valence-electron chi connectivity index (χ4n) is 3.02. The maximum Gasteiger partial charge on any atom is 0.246 e. The van der Waals surface area contributed by atoms with E-state index in [2.05, 4.69) is 6.92 Å². The van der Waals surface area contributed by atoms with E-state index in [4.69, 9.17) is 17.3 Å². The van der Waals surface area contributed by atoms with E-state index in [-0.39, 0.29) is 24.4 Å². The number of hydrogen-bond acceptors (Lipinski definition) is 3. The molecule has 24 heavy (non-hydrogen) atoms. The minimum atomic E-state index is -0.0498. The summed E-state index contributed by atoms with van der Waals surface area (Å²) in [5, 5.41) is 0.643. The number of benzene rings is 1. The summed E-state index contributed by atoms with van der Waals surface area (Å²) in [6, 6.07) is 7.32. The lowest BCUT2D eigenvalue weighted by molar-refractivity contribution is -0.140. The lowest BCUT2D eigenvalue weighted by atomic mass is 10.0. The first-order valence-electron chi connectivity index (χ1n) is 8.62. The van der Waals surface area contributed by atoms with Crippen molar-refractivity contribution in [2.24, 2.45) is 5.73 Å². The highest BCUT2D eigenvalue weighted by atomic mass is 35.5. The topological polar surface area (TPSA) is 66.6 Å². The molecule has 0 bridgehead atoms. The Bertz CT molecular complexity index is 562. The Kier molecular flexibility index (Phi) is 7.06. The number of anilines is 1. The van der Waals surface area contributed by atoms with Gasteiger partial charge in [0, 0.05) is 23.7 Å². The largest absolute Gasteiger partial charge is 0.330 e. The first-order valence-corrected chi connectivity index (χ1v) is 9.00. The average molecular weight is 352 g/mol. The number of carbonyl (C=O) groups excluding carboxylic acids is 2. The van der Waals surface area contributed by atoms with Crippen LogP contribution < -0.4 is 10.6 Å². The number of halogens is 1. The smallest absolute Gasteiger partial charge is 0.246 e. The fourth-order valence-corrected chi connectivity index (χ4v) is 3.14. The molecule has 1 unspecified atom stereocenters. The molecular formula is C18H26ClN3O2. The second kappa shape index (κ2) is 9.04. The standard InChI is InChI=1S/C18H26ClN3O2/c1-2-3-5-16-12-21(15-9-7-14(19)8-10-15)18(24)13-22(16)17(23)6-4-11-20/h7-10,16H,2-6,11-13,20H2,1H3. The number of unbranched alkanes of at least 4 members (excludes halogenated alkanes) is 1. The molecule has 0 aromatic heterocycles. The Morgan fingerprint density at radius 2 is 2.00 bits per heavy atom. The van der Waals surface area contributed by atoms with Crippen LogP contribution in [0.1, 0.15) is 39.0 Å². The highest BCUT2D eigenvalue weighted by molar-refractivity contribution is 6.30. The molecule has 1 atom stereocenters. The third kappa shape index (κ3) is 4.71. The van der Waals surface area contributed by atoms with Crippen LogP contribution in [-0.4, -0.2) is 42.4 Å². The highest BCUT2D eigenvalue weighted by Crippen LogP contribution is 2.24. The summed E-state index contributed by atoms with van der Waals surface area (Å²) in [6.45, 7) is 3.30. The molecule has 0 saturated carbocycles. The number of piperazine rings is 1. The summed E-state index contributed by atoms with van der Waals surface area (Å²) in [4.78, 5) is 28.5. The highest BCUT2D eigenvalue weighted by Gasteiger charge is 2.34. The van der Waals surface area contributed by atoms with Crippen molar-refractivity contribution in [3.8, 4) is 0 Å². The fraction of sp³-hybridized carbons (Fsp3) is 0.556. The van der Waals surface area contributed by atoms with Crippen molar-refractivity contribution in [1.29, 1.82) is 0 Å². The molecule has 132 valence electrons. The number of carbonyl (C=O) groups is 2. The van der Waals surface area contributed by atoms with Crippen molar-refractivity contribution in [2.45, 2.75) is 45.1 Å². The molecule has 1 heterocycles. The number of amides is 2. The molecule has 1 aliphatic rings. The van der Waals surface area contributed by atoms with E-state index < -0.39 is 0 Å². The summed E-state index contributed by atoms with van der Waals surface area (Å²) in [6.07, 6.45) is 4.07. The zero-order valence-electron chi connectivity index (χ0n) is 14.2. The zero-order valence-corrected chi connectivity index (χ0v) is 15.0. The molecule has 1 aliphatic heterocycles. The Balaban J connectivity index is 2.14. The van der Waals surface area contributed by atoms with Crippen LogP contribution in [0.4, 0.5) is 5.69 Å². The minimum absolute atomic E-state index is 0.0330. The van der Waals surface area contributed by atoms with Gasteiger partial charge in [0.15, 0.2) is 0 Å². The number of hydrogen-bond donors (Lipinski definition) is 1. The van der Waals surface area contributed by atoms with Crippen LogP contribution in [0.3, 0.4) is 0 Å². The van der Waals surface area contributed by atoms with Crippen molar-refractivity contribution >= 4 is 29.1 Å². The zero-order chi connectivity index (χ0) is 17.5. The van der Waals surface area contributed by atoms with E-state index in [1.165, 1.54) is 0 Å². The van der Waals surface area contributed by atoms with Gasteiger partial charge in [-0.3, -0.25) is 9.59 Å². The lowest BCUT2D eigenvalue weighted by Gasteiger charge is -2.41. The third-order valence-corrected chi connectivity index (χ3v) is 4.64. The average Bonchev–Trinajstić information content (AvgIpc) is 2.59. The minimum Gasteiger partial charge on any atom is -0.330 e. The van der Waals surface area contributed by atoms with Gasteiger partial charge in [-0.25, -0.2) is 0 Å². The van der Waals surface area contributed by atoms with Crippen molar-refractivity contribution in [3.63, 3.8) is 0 Å². The van der Waals surface area contributed by atoms with Crippen molar-refractivity contribution in [1.82, 2.24) is 4.90 Å². The van der Waals surface area contributed by atoms with Crippen molar-refractivity contribution < 1.29 is 9.59 Å². The summed E-state index contributed by atoms with van der Waals surface area (Å²) in [7, 11) is 0. The molecule has 2 N–H and O–H groups in total. The molecule has 2 amide bonds. The second-order valence-electron chi connectivity index (χ2n) is 6.19. The van der Waals surface area contributed by atoms with Gasteiger partial charge in [0.2, 0.25) is 11.8 Å². The Hall–Kier alpha value is -1.59. The molecule has 1 aromatic rings. The summed E-state index contributed by atoms with van der Waals surface area (Å²) < 4.78 is 0. The molecule has 0 aliphatic carbocycles. The van der Waals surface area contributed by atoms with Gasteiger partial charge in [-0.1, -0.05) is 31.4 Å². The SMILES string of the molecule is CCCCC1CN(c2ccc(Cl)cc2)C(=O)CN1C(=O)CCCN. The lowest BCUT2D eigenvalue weighted by Crippen LogP contribution is -2.58. The molecule has 1 saturated heterocycles. The monoisotopic (exact) mass is 351 g/mol. The number of rotatable bonds is 7. The van der Waals surface area contributed by atoms with Gasteiger partial charge in [0.05, 0.1) is 6.04 Å². The van der Waals surface area contributed by atoms with Crippen LogP contribution in [-0.2, 0) is 9.59 Å². The van der Waals surface area contributed by atoms with E-state index in [1.807, 2.05) is 12.1 Å². The summed E-state index contributed by atoms with van der Waals surface area (Å²) in [5.41, 5.74) is 6.34. The van der Waals surface area contributed by atoms with Crippen LogP contribution in [0.2, 0.25) is 5.02 Å². The Morgan fingerprint density at radius 1 is 1.29 bits per heavy atom. The van der Waals surface area contributed by atoms with E-state index in [0.29, 0.717) is 31.0 Å². The van der Waals surface area contributed by atoms with E-state index in [0.717, 1.165) is 24.9 Å². The predicted molar refractivity (Wildman–Crippen MR) is 97.1 cm³/mol. The van der Waals surface area contributed by atoms with Gasteiger partial charge in [-0.05, 0) is 43.7 Å². The van der Waals surface area contributed by atoms with Crippen LogP contribution in [0.15, 0.2) is 24.3 Å². The first kappa shape index (κ1) is 18.7. The Morgan fingerprint density at radius 3 is 2.62 bits per heavy atom. The van der Waals surface area contributed by atoms with Crippen LogP contribution in [0, 0.1) is 0 Å². The molecule has 5 nitrogen and oxygen atoms in total. The van der Waals surface area contributed by atoms with Gasteiger partial charge >= 0.3 is 0 Å². The number of nitrogens with two attached hydrogens (primary N) is 1. The Labute approximate surface area is 148 Å². The van der Waals surface area contributed by atoms with E-state index >= 15 is 0 Å². The molecular weight excluding hydrogens is 326 g/mol. The summed E-state index contributed by atoms with van der Waals surface area (Å²) >= 11 is 5.93. The van der Waals surface area contributed by atoms with Gasteiger partial charge in [0.1, 0.15) is 6.54 Å².